The molecule has 5 N–H and O–H groups in total. The normalized spacial score (nSPS) is 40.0. The predicted molar refractivity (Wildman–Crippen MR) is 33.0 cm³/mol. The van der Waals surface area contributed by atoms with Crippen molar-refractivity contribution in [3.05, 3.63) is 0 Å². The van der Waals surface area contributed by atoms with Crippen molar-refractivity contribution in [3.63, 3.8) is 0 Å². The molecule has 0 saturated carbocycles. The number of amides is 1. The number of β-amino-alcohol motifs (C(OH)–C–C–N with tert-alkyl or cyclic N) is 1. The molecule has 0 aromatic heterocycles. The molecule has 0 aromatic rings. The summed E-state index contributed by atoms with van der Waals surface area (Å²) in [6.07, 6.45) is -1.94. The van der Waals surface area contributed by atoms with Crippen molar-refractivity contribution in [1.29, 1.82) is 0 Å². The molecule has 0 spiro atoms. The standard InChI is InChI=1S/C5H10N2O3/c6-5(10)3-4(9)2(8)1-7-3/h2-4,7-9H,1H2,(H2,6,10)/t2?,3-,4?/m0/s1. The first-order valence-corrected chi connectivity index (χ1v) is 3.02. The first-order chi connectivity index (χ1) is 4.63. The van der Waals surface area contributed by atoms with E-state index in [0.29, 0.717) is 0 Å². The van der Waals surface area contributed by atoms with E-state index in [2.05, 4.69) is 5.32 Å². The first-order valence-electron chi connectivity index (χ1n) is 3.02. The molecule has 5 nitrogen and oxygen atoms in total. The van der Waals surface area contributed by atoms with E-state index in [-0.39, 0.29) is 6.54 Å². The lowest BCUT2D eigenvalue weighted by atomic mass is 10.1. The van der Waals surface area contributed by atoms with E-state index in [1.54, 1.807) is 0 Å². The van der Waals surface area contributed by atoms with Gasteiger partial charge in [0.15, 0.2) is 0 Å². The van der Waals surface area contributed by atoms with Crippen molar-refractivity contribution in [2.24, 2.45) is 5.73 Å². The zero-order valence-electron chi connectivity index (χ0n) is 5.32. The quantitative estimate of drug-likeness (QED) is 0.320. The second-order valence-corrected chi connectivity index (χ2v) is 2.35. The third-order valence-corrected chi connectivity index (χ3v) is 1.59. The Hall–Kier alpha value is -0.650. The van der Waals surface area contributed by atoms with Crippen LogP contribution >= 0.6 is 0 Å². The molecule has 1 rings (SSSR count). The van der Waals surface area contributed by atoms with Crippen LogP contribution in [0.3, 0.4) is 0 Å². The van der Waals surface area contributed by atoms with E-state index >= 15 is 0 Å². The molecule has 0 aromatic carbocycles. The lowest BCUT2D eigenvalue weighted by Crippen LogP contribution is -2.44. The number of nitrogens with two attached hydrogens (primary N) is 1. The highest BCUT2D eigenvalue weighted by Crippen LogP contribution is 2.06. The highest BCUT2D eigenvalue weighted by molar-refractivity contribution is 5.81. The van der Waals surface area contributed by atoms with Gasteiger partial charge in [0.05, 0.1) is 6.10 Å². The van der Waals surface area contributed by atoms with Gasteiger partial charge in [-0.3, -0.25) is 4.79 Å². The van der Waals surface area contributed by atoms with Crippen LogP contribution in [0.25, 0.3) is 0 Å². The lowest BCUT2D eigenvalue weighted by Gasteiger charge is -2.10. The van der Waals surface area contributed by atoms with Gasteiger partial charge in [-0.05, 0) is 0 Å². The van der Waals surface area contributed by atoms with E-state index in [9.17, 15) is 4.79 Å². The summed E-state index contributed by atoms with van der Waals surface area (Å²) in [5.74, 6) is -0.635. The highest BCUT2D eigenvalue weighted by Gasteiger charge is 2.36. The van der Waals surface area contributed by atoms with Crippen LogP contribution in [-0.4, -0.2) is 40.9 Å². The monoisotopic (exact) mass is 146 g/mol. The maximum Gasteiger partial charge on any atom is 0.237 e. The topological polar surface area (TPSA) is 95.6 Å². The van der Waals surface area contributed by atoms with Crippen LogP contribution in [0.2, 0.25) is 0 Å². The number of hydrogen-bond donors (Lipinski definition) is 4. The Morgan fingerprint density at radius 2 is 2.20 bits per heavy atom. The minimum atomic E-state index is -1.06. The van der Waals surface area contributed by atoms with Gasteiger partial charge in [0.2, 0.25) is 5.91 Å². The van der Waals surface area contributed by atoms with Crippen LogP contribution in [0.5, 0.6) is 0 Å². The molecular weight excluding hydrogens is 136 g/mol. The van der Waals surface area contributed by atoms with Crippen molar-refractivity contribution in [2.45, 2.75) is 18.2 Å². The fraction of sp³-hybridized carbons (Fsp3) is 0.800. The summed E-state index contributed by atoms with van der Waals surface area (Å²) in [6, 6.07) is -0.796. The molecule has 0 bridgehead atoms. The molecule has 0 aliphatic carbocycles. The van der Waals surface area contributed by atoms with Crippen molar-refractivity contribution < 1.29 is 15.0 Å². The molecule has 58 valence electrons. The second kappa shape index (κ2) is 2.53. The number of carbonyl (C=O) groups is 1. The number of rotatable bonds is 1. The van der Waals surface area contributed by atoms with E-state index in [1.165, 1.54) is 0 Å². The zero-order chi connectivity index (χ0) is 7.72. The summed E-state index contributed by atoms with van der Waals surface area (Å²) in [4.78, 5) is 10.4. The van der Waals surface area contributed by atoms with Gasteiger partial charge in [-0.25, -0.2) is 0 Å². The summed E-state index contributed by atoms with van der Waals surface area (Å²) >= 11 is 0. The van der Waals surface area contributed by atoms with Gasteiger partial charge >= 0.3 is 0 Å². The zero-order valence-corrected chi connectivity index (χ0v) is 5.32. The molecule has 1 aliphatic heterocycles. The molecular formula is C5H10N2O3. The fourth-order valence-electron chi connectivity index (χ4n) is 0.980. The largest absolute Gasteiger partial charge is 0.389 e. The second-order valence-electron chi connectivity index (χ2n) is 2.35. The third-order valence-electron chi connectivity index (χ3n) is 1.59. The molecule has 2 unspecified atom stereocenters. The van der Waals surface area contributed by atoms with Crippen molar-refractivity contribution in [3.8, 4) is 0 Å². The first kappa shape index (κ1) is 7.46. The van der Waals surface area contributed by atoms with Crippen LogP contribution in [0.4, 0.5) is 0 Å². The van der Waals surface area contributed by atoms with Gasteiger partial charge in [-0.1, -0.05) is 0 Å². The van der Waals surface area contributed by atoms with E-state index in [4.69, 9.17) is 15.9 Å². The Bertz CT molecular complexity index is 150. The van der Waals surface area contributed by atoms with Gasteiger partial charge in [-0.15, -0.1) is 0 Å². The minimum Gasteiger partial charge on any atom is -0.389 e. The summed E-state index contributed by atoms with van der Waals surface area (Å²) in [6.45, 7) is 0.217. The molecule has 1 aliphatic rings. The Morgan fingerprint density at radius 1 is 1.60 bits per heavy atom. The van der Waals surface area contributed by atoms with Gasteiger partial charge in [-0.2, -0.15) is 0 Å². The predicted octanol–water partition coefficient (Wildman–Crippen LogP) is -2.83. The minimum absolute atomic E-state index is 0.217. The molecule has 1 heterocycles. The number of aliphatic hydroxyl groups excluding tert-OH is 2. The molecule has 10 heavy (non-hydrogen) atoms. The van der Waals surface area contributed by atoms with Crippen molar-refractivity contribution in [1.82, 2.24) is 5.32 Å². The van der Waals surface area contributed by atoms with Gasteiger partial charge in [0, 0.05) is 6.54 Å². The maximum atomic E-state index is 10.4. The molecule has 5 heteroatoms. The molecule has 0 radical (unpaired) electrons. The number of carbonyl (C=O) groups excluding carboxylic acids is 1. The van der Waals surface area contributed by atoms with Crippen LogP contribution in [0, 0.1) is 0 Å². The number of aliphatic hydroxyl groups is 2. The average molecular weight is 146 g/mol. The van der Waals surface area contributed by atoms with Crippen LogP contribution in [0.15, 0.2) is 0 Å². The average Bonchev–Trinajstić information content (AvgIpc) is 2.14. The van der Waals surface area contributed by atoms with Crippen LogP contribution < -0.4 is 11.1 Å². The smallest absolute Gasteiger partial charge is 0.237 e. The maximum absolute atomic E-state index is 10.4. The Morgan fingerprint density at radius 3 is 2.40 bits per heavy atom. The highest BCUT2D eigenvalue weighted by atomic mass is 16.3. The summed E-state index contributed by atoms with van der Waals surface area (Å²) in [5, 5.41) is 20.5. The molecule has 3 atom stereocenters. The molecule has 1 amide bonds. The Kier molecular flexibility index (Phi) is 1.89. The summed E-state index contributed by atoms with van der Waals surface area (Å²) in [5.41, 5.74) is 4.88. The van der Waals surface area contributed by atoms with E-state index in [1.807, 2.05) is 0 Å². The summed E-state index contributed by atoms with van der Waals surface area (Å²) < 4.78 is 0. The number of hydrogen-bond acceptors (Lipinski definition) is 4. The van der Waals surface area contributed by atoms with Crippen molar-refractivity contribution in [2.75, 3.05) is 6.54 Å². The number of primary amides is 1. The molecule has 1 fully saturated rings. The van der Waals surface area contributed by atoms with Crippen LogP contribution in [0.1, 0.15) is 0 Å². The molecule has 1 saturated heterocycles. The Labute approximate surface area is 57.8 Å². The lowest BCUT2D eigenvalue weighted by molar-refractivity contribution is -0.122. The van der Waals surface area contributed by atoms with E-state index in [0.717, 1.165) is 0 Å². The van der Waals surface area contributed by atoms with Gasteiger partial charge in [0.1, 0.15) is 12.1 Å². The Balaban J connectivity index is 2.57. The SMILES string of the molecule is NC(=O)[C@H]1NCC(O)C1O. The summed E-state index contributed by atoms with van der Waals surface area (Å²) in [7, 11) is 0. The van der Waals surface area contributed by atoms with Crippen LogP contribution in [-0.2, 0) is 4.79 Å². The fourth-order valence-corrected chi connectivity index (χ4v) is 0.980. The van der Waals surface area contributed by atoms with E-state index < -0.39 is 24.2 Å². The third kappa shape index (κ3) is 1.11. The van der Waals surface area contributed by atoms with Crippen molar-refractivity contribution >= 4 is 5.91 Å². The van der Waals surface area contributed by atoms with Gasteiger partial charge < -0.3 is 21.3 Å². The van der Waals surface area contributed by atoms with Gasteiger partial charge in [0.25, 0.3) is 0 Å². The number of nitrogens with one attached hydrogen (secondary N) is 1.